The molecular weight excluding hydrogens is 225 g/mol. The van der Waals surface area contributed by atoms with E-state index in [-0.39, 0.29) is 18.7 Å². The number of halogens is 1. The first-order valence-corrected chi connectivity index (χ1v) is 5.47. The molecule has 0 saturated heterocycles. The van der Waals surface area contributed by atoms with E-state index >= 15 is 0 Å². The molecule has 1 aliphatic carbocycles. The van der Waals surface area contributed by atoms with Crippen molar-refractivity contribution in [3.05, 3.63) is 29.1 Å². The maximum Gasteiger partial charge on any atom is 0.312 e. The lowest BCUT2D eigenvalue weighted by Crippen LogP contribution is -2.21. The number of nitrogen functional groups attached to an aromatic ring is 1. The minimum absolute atomic E-state index is 0.154. The van der Waals surface area contributed by atoms with Crippen molar-refractivity contribution in [2.75, 3.05) is 12.3 Å². The molecule has 3 N–H and O–H groups in total. The Morgan fingerprint density at radius 2 is 2.35 bits per heavy atom. The molecule has 0 aromatic heterocycles. The van der Waals surface area contributed by atoms with E-state index in [1.807, 2.05) is 0 Å². The maximum absolute atomic E-state index is 13.6. The summed E-state index contributed by atoms with van der Waals surface area (Å²) in [7, 11) is 0. The molecule has 5 heteroatoms. The summed E-state index contributed by atoms with van der Waals surface area (Å²) in [6, 6.07) is 2.70. The number of carbonyl (C=O) groups excluding carboxylic acids is 1. The molecule has 0 amide bonds. The van der Waals surface area contributed by atoms with E-state index in [9.17, 15) is 14.3 Å². The number of hydrogen-bond donors (Lipinski definition) is 2. The molecular formula is C12H14FNO3. The first-order chi connectivity index (χ1) is 8.04. The van der Waals surface area contributed by atoms with Crippen molar-refractivity contribution in [2.24, 2.45) is 5.92 Å². The van der Waals surface area contributed by atoms with Gasteiger partial charge in [0, 0.05) is 5.69 Å². The summed E-state index contributed by atoms with van der Waals surface area (Å²) < 4.78 is 18.4. The van der Waals surface area contributed by atoms with Crippen molar-refractivity contribution >= 4 is 11.7 Å². The summed E-state index contributed by atoms with van der Waals surface area (Å²) in [5, 5.41) is 9.96. The van der Waals surface area contributed by atoms with Crippen LogP contribution in [0.5, 0.6) is 0 Å². The molecule has 0 radical (unpaired) electrons. The molecule has 1 aromatic rings. The van der Waals surface area contributed by atoms with Crippen LogP contribution in [-0.2, 0) is 16.0 Å². The zero-order valence-electron chi connectivity index (χ0n) is 9.44. The third-order valence-corrected chi connectivity index (χ3v) is 2.97. The average Bonchev–Trinajstić information content (AvgIpc) is 2.57. The number of benzene rings is 1. The second kappa shape index (κ2) is 4.33. The summed E-state index contributed by atoms with van der Waals surface area (Å²) in [5.74, 6) is -1.72. The van der Waals surface area contributed by atoms with Crippen molar-refractivity contribution in [1.82, 2.24) is 0 Å². The number of fused-ring (bicyclic) bond motifs is 1. The molecule has 17 heavy (non-hydrogen) atoms. The molecule has 2 atom stereocenters. The number of nitrogens with two attached hydrogens (primary N) is 1. The largest absolute Gasteiger partial charge is 0.466 e. The third-order valence-electron chi connectivity index (χ3n) is 2.97. The lowest BCUT2D eigenvalue weighted by atomic mass is 10.0. The zero-order chi connectivity index (χ0) is 12.6. The van der Waals surface area contributed by atoms with Gasteiger partial charge >= 0.3 is 5.97 Å². The minimum Gasteiger partial charge on any atom is -0.466 e. The molecule has 0 aliphatic heterocycles. The lowest BCUT2D eigenvalue weighted by Gasteiger charge is -2.13. The second-order valence-corrected chi connectivity index (χ2v) is 4.08. The van der Waals surface area contributed by atoms with Crippen molar-refractivity contribution in [3.8, 4) is 0 Å². The summed E-state index contributed by atoms with van der Waals surface area (Å²) in [6.07, 6.45) is -0.886. The highest BCUT2D eigenvalue weighted by atomic mass is 19.1. The van der Waals surface area contributed by atoms with Gasteiger partial charge in [-0.05, 0) is 36.6 Å². The molecule has 0 fully saturated rings. The van der Waals surface area contributed by atoms with Crippen LogP contribution in [0.15, 0.2) is 12.1 Å². The predicted octanol–water partition coefficient (Wildman–Crippen LogP) is 1.18. The third kappa shape index (κ3) is 1.98. The summed E-state index contributed by atoms with van der Waals surface area (Å²) >= 11 is 0. The molecule has 92 valence electrons. The lowest BCUT2D eigenvalue weighted by molar-refractivity contribution is -0.151. The highest BCUT2D eigenvalue weighted by Gasteiger charge is 2.38. The molecule has 1 aliphatic rings. The smallest absolute Gasteiger partial charge is 0.312 e. The Morgan fingerprint density at radius 3 is 3.00 bits per heavy atom. The van der Waals surface area contributed by atoms with Crippen molar-refractivity contribution in [1.29, 1.82) is 0 Å². The molecule has 0 saturated carbocycles. The summed E-state index contributed by atoms with van der Waals surface area (Å²) in [6.45, 7) is 1.92. The highest BCUT2D eigenvalue weighted by Crippen LogP contribution is 2.39. The van der Waals surface area contributed by atoms with Crippen LogP contribution in [0.2, 0.25) is 0 Å². The van der Waals surface area contributed by atoms with Crippen molar-refractivity contribution in [3.63, 3.8) is 0 Å². The van der Waals surface area contributed by atoms with Crippen LogP contribution in [-0.4, -0.2) is 17.7 Å². The number of hydrogen-bond acceptors (Lipinski definition) is 4. The van der Waals surface area contributed by atoms with E-state index in [0.717, 1.165) is 0 Å². The molecule has 0 heterocycles. The number of aliphatic hydroxyl groups is 1. The van der Waals surface area contributed by atoms with Crippen LogP contribution < -0.4 is 5.73 Å². The Hall–Kier alpha value is -1.62. The fourth-order valence-electron chi connectivity index (χ4n) is 2.17. The highest BCUT2D eigenvalue weighted by molar-refractivity contribution is 5.75. The van der Waals surface area contributed by atoms with E-state index in [1.165, 1.54) is 12.1 Å². The predicted molar refractivity (Wildman–Crippen MR) is 59.6 cm³/mol. The fourth-order valence-corrected chi connectivity index (χ4v) is 2.17. The first kappa shape index (κ1) is 11.9. The molecule has 2 rings (SSSR count). The Morgan fingerprint density at radius 1 is 1.65 bits per heavy atom. The van der Waals surface area contributed by atoms with Crippen molar-refractivity contribution in [2.45, 2.75) is 19.4 Å². The van der Waals surface area contributed by atoms with Gasteiger partial charge in [0.15, 0.2) is 0 Å². The van der Waals surface area contributed by atoms with Crippen LogP contribution >= 0.6 is 0 Å². The maximum atomic E-state index is 13.6. The SMILES string of the molecule is CCOC(=O)C1Cc2c(F)cc(N)cc2C1O. The van der Waals surface area contributed by atoms with E-state index in [4.69, 9.17) is 10.5 Å². The quantitative estimate of drug-likeness (QED) is 0.600. The number of aliphatic hydroxyl groups excluding tert-OH is 1. The summed E-state index contributed by atoms with van der Waals surface area (Å²) in [4.78, 5) is 11.6. The van der Waals surface area contributed by atoms with Gasteiger partial charge in [0.25, 0.3) is 0 Å². The van der Waals surface area contributed by atoms with Gasteiger partial charge in [-0.15, -0.1) is 0 Å². The molecule has 0 bridgehead atoms. The van der Waals surface area contributed by atoms with Crippen LogP contribution in [0, 0.1) is 11.7 Å². The Bertz CT molecular complexity index is 461. The number of carbonyl (C=O) groups is 1. The topological polar surface area (TPSA) is 72.5 Å². The Kier molecular flexibility index (Phi) is 3.02. The fraction of sp³-hybridized carbons (Fsp3) is 0.417. The Labute approximate surface area is 98.2 Å². The van der Waals surface area contributed by atoms with E-state index in [1.54, 1.807) is 6.92 Å². The van der Waals surface area contributed by atoms with Crippen LogP contribution in [0.1, 0.15) is 24.2 Å². The van der Waals surface area contributed by atoms with Gasteiger partial charge in [0.2, 0.25) is 0 Å². The van der Waals surface area contributed by atoms with Gasteiger partial charge in [-0.1, -0.05) is 0 Å². The molecule has 4 nitrogen and oxygen atoms in total. The summed E-state index contributed by atoms with van der Waals surface area (Å²) in [5.41, 5.74) is 6.49. The van der Waals surface area contributed by atoms with E-state index in [2.05, 4.69) is 0 Å². The second-order valence-electron chi connectivity index (χ2n) is 4.08. The monoisotopic (exact) mass is 239 g/mol. The number of esters is 1. The van der Waals surface area contributed by atoms with Gasteiger partial charge < -0.3 is 15.6 Å². The normalized spacial score (nSPS) is 22.3. The molecule has 2 unspecified atom stereocenters. The minimum atomic E-state index is -1.04. The van der Waals surface area contributed by atoms with Crippen LogP contribution in [0.4, 0.5) is 10.1 Å². The number of ether oxygens (including phenoxy) is 1. The van der Waals surface area contributed by atoms with Gasteiger partial charge in [0.05, 0.1) is 18.6 Å². The number of rotatable bonds is 2. The zero-order valence-corrected chi connectivity index (χ0v) is 9.44. The van der Waals surface area contributed by atoms with Gasteiger partial charge in [-0.3, -0.25) is 4.79 Å². The standard InChI is InChI=1S/C12H14FNO3/c1-2-17-12(16)9-5-7-8(11(9)15)3-6(14)4-10(7)13/h3-4,9,11,15H,2,5,14H2,1H3. The van der Waals surface area contributed by atoms with E-state index in [0.29, 0.717) is 11.1 Å². The average molecular weight is 239 g/mol. The number of anilines is 1. The van der Waals surface area contributed by atoms with Gasteiger partial charge in [-0.25, -0.2) is 4.39 Å². The van der Waals surface area contributed by atoms with E-state index < -0.39 is 23.8 Å². The molecule has 1 aromatic carbocycles. The molecule has 0 spiro atoms. The van der Waals surface area contributed by atoms with Crippen LogP contribution in [0.3, 0.4) is 0 Å². The first-order valence-electron chi connectivity index (χ1n) is 5.47. The van der Waals surface area contributed by atoms with Gasteiger partial charge in [-0.2, -0.15) is 0 Å². The van der Waals surface area contributed by atoms with Gasteiger partial charge in [0.1, 0.15) is 5.82 Å². The van der Waals surface area contributed by atoms with Crippen molar-refractivity contribution < 1.29 is 19.0 Å². The van der Waals surface area contributed by atoms with Crippen LogP contribution in [0.25, 0.3) is 0 Å². The Balaban J connectivity index is 2.32.